The number of carbonyl (C=O) groups is 1. The first-order valence-electron chi connectivity index (χ1n) is 5.59. The lowest BCUT2D eigenvalue weighted by molar-refractivity contribution is 0.102. The summed E-state index contributed by atoms with van der Waals surface area (Å²) in [5, 5.41) is 9.03. The highest BCUT2D eigenvalue weighted by molar-refractivity contribution is 6.32. The molecular weight excluding hydrogens is 292 g/mol. The Bertz CT molecular complexity index is 658. The zero-order chi connectivity index (χ0) is 14.9. The molecule has 5 nitrogen and oxygen atoms in total. The maximum absolute atomic E-state index is 12.8. The number of halogens is 3. The molecule has 0 fully saturated rings. The van der Waals surface area contributed by atoms with E-state index in [1.807, 2.05) is 0 Å². The number of carbonyl (C=O) groups excluding carboxylic acids is 1. The Morgan fingerprint density at radius 1 is 1.30 bits per heavy atom. The molecule has 8 heteroatoms. The summed E-state index contributed by atoms with van der Waals surface area (Å²) in [7, 11) is 0. The first-order chi connectivity index (χ1) is 9.41. The lowest BCUT2D eigenvalue weighted by Gasteiger charge is -2.12. The molecule has 0 aliphatic carbocycles. The fourth-order valence-electron chi connectivity index (χ4n) is 1.75. The Morgan fingerprint density at radius 3 is 2.55 bits per heavy atom. The van der Waals surface area contributed by atoms with E-state index in [-0.39, 0.29) is 22.1 Å². The highest BCUT2D eigenvalue weighted by atomic mass is 35.5. The Balaban J connectivity index is 2.32. The van der Waals surface area contributed by atoms with Gasteiger partial charge in [-0.3, -0.25) is 4.79 Å². The number of anilines is 1. The minimum absolute atomic E-state index is 0.0216. The molecule has 0 aliphatic heterocycles. The third-order valence-corrected chi connectivity index (χ3v) is 3.24. The number of alkyl halides is 2. The van der Waals surface area contributed by atoms with Crippen molar-refractivity contribution in [3.05, 3.63) is 39.5 Å². The lowest BCUT2D eigenvalue weighted by Crippen LogP contribution is -2.15. The van der Waals surface area contributed by atoms with Gasteiger partial charge in [0, 0.05) is 11.1 Å². The van der Waals surface area contributed by atoms with Gasteiger partial charge in [-0.1, -0.05) is 17.7 Å². The summed E-state index contributed by atoms with van der Waals surface area (Å²) in [4.78, 5) is 12.1. The van der Waals surface area contributed by atoms with Crippen molar-refractivity contribution in [2.75, 3.05) is 5.32 Å². The van der Waals surface area contributed by atoms with Gasteiger partial charge in [0.2, 0.25) is 11.0 Å². The smallest absolute Gasteiger partial charge is 0.264 e. The van der Waals surface area contributed by atoms with E-state index in [0.717, 1.165) is 0 Å². The van der Waals surface area contributed by atoms with Crippen LogP contribution in [0.15, 0.2) is 16.8 Å². The third-order valence-electron chi connectivity index (χ3n) is 2.99. The Labute approximate surface area is 117 Å². The molecule has 1 amide bonds. The van der Waals surface area contributed by atoms with Crippen molar-refractivity contribution in [1.82, 2.24) is 10.3 Å². The number of aromatic nitrogens is 2. The van der Waals surface area contributed by atoms with Crippen LogP contribution in [0.1, 0.15) is 33.5 Å². The van der Waals surface area contributed by atoms with E-state index in [4.69, 9.17) is 11.6 Å². The minimum Gasteiger partial charge on any atom is -0.301 e. The van der Waals surface area contributed by atoms with Crippen LogP contribution in [0.2, 0.25) is 5.15 Å². The van der Waals surface area contributed by atoms with E-state index in [1.54, 1.807) is 6.92 Å². The molecule has 1 aromatic carbocycles. The van der Waals surface area contributed by atoms with Crippen LogP contribution < -0.4 is 5.32 Å². The van der Waals surface area contributed by atoms with Crippen molar-refractivity contribution in [3.63, 3.8) is 0 Å². The van der Waals surface area contributed by atoms with Gasteiger partial charge in [0.15, 0.2) is 0 Å². The summed E-state index contributed by atoms with van der Waals surface area (Å²) in [6.45, 7) is 3.14. The van der Waals surface area contributed by atoms with Crippen molar-refractivity contribution in [2.45, 2.75) is 20.3 Å². The number of hydrogen-bond donors (Lipinski definition) is 1. The standard InChI is InChI=1S/C12H10ClF2N3O2/c1-5-6(2)8(4-3-7(5)10(14)15)12(19)16-11-9(13)17-20-18-11/h3-4,10H,1-2H3,(H,16,18,19). The van der Waals surface area contributed by atoms with Crippen molar-refractivity contribution < 1.29 is 18.2 Å². The van der Waals surface area contributed by atoms with Crippen molar-refractivity contribution in [3.8, 4) is 0 Å². The topological polar surface area (TPSA) is 68.0 Å². The van der Waals surface area contributed by atoms with Crippen LogP contribution in [-0.2, 0) is 0 Å². The molecule has 0 aliphatic rings. The molecular formula is C12H10ClF2N3O2. The number of nitrogens with zero attached hydrogens (tertiary/aromatic N) is 2. The third kappa shape index (κ3) is 2.62. The van der Waals surface area contributed by atoms with E-state index in [0.29, 0.717) is 11.1 Å². The summed E-state index contributed by atoms with van der Waals surface area (Å²) < 4.78 is 29.8. The molecule has 20 heavy (non-hydrogen) atoms. The molecule has 0 saturated carbocycles. The largest absolute Gasteiger partial charge is 0.301 e. The van der Waals surface area contributed by atoms with Crippen LogP contribution >= 0.6 is 11.6 Å². The summed E-state index contributed by atoms with van der Waals surface area (Å²) in [6.07, 6.45) is -2.58. The number of benzene rings is 1. The molecule has 1 heterocycles. The van der Waals surface area contributed by atoms with E-state index in [9.17, 15) is 13.6 Å². The molecule has 0 spiro atoms. The second-order valence-corrected chi connectivity index (χ2v) is 4.47. The fraction of sp³-hybridized carbons (Fsp3) is 0.250. The van der Waals surface area contributed by atoms with E-state index >= 15 is 0 Å². The SMILES string of the molecule is Cc1c(C(=O)Nc2nonc2Cl)ccc(C(F)F)c1C. The van der Waals surface area contributed by atoms with Gasteiger partial charge in [-0.2, -0.15) is 0 Å². The van der Waals surface area contributed by atoms with E-state index in [2.05, 4.69) is 20.3 Å². The summed E-state index contributed by atoms with van der Waals surface area (Å²) >= 11 is 5.63. The van der Waals surface area contributed by atoms with E-state index in [1.165, 1.54) is 19.1 Å². The molecule has 2 rings (SSSR count). The minimum atomic E-state index is -2.58. The first kappa shape index (κ1) is 14.4. The van der Waals surface area contributed by atoms with Crippen LogP contribution in [0.5, 0.6) is 0 Å². The molecule has 2 aromatic rings. The van der Waals surface area contributed by atoms with Gasteiger partial charge in [-0.25, -0.2) is 13.4 Å². The summed E-state index contributed by atoms with van der Waals surface area (Å²) in [6, 6.07) is 2.56. The molecule has 0 bridgehead atoms. The monoisotopic (exact) mass is 301 g/mol. The average molecular weight is 302 g/mol. The molecule has 1 N–H and O–H groups in total. The average Bonchev–Trinajstić information content (AvgIpc) is 2.77. The van der Waals surface area contributed by atoms with Crippen LogP contribution in [0.4, 0.5) is 14.6 Å². The molecule has 0 unspecified atom stereocenters. The van der Waals surface area contributed by atoms with Gasteiger partial charge in [0.1, 0.15) is 0 Å². The van der Waals surface area contributed by atoms with E-state index < -0.39 is 12.3 Å². The van der Waals surface area contributed by atoms with Gasteiger partial charge in [0.05, 0.1) is 0 Å². The summed E-state index contributed by atoms with van der Waals surface area (Å²) in [5.41, 5.74) is 0.996. The zero-order valence-corrected chi connectivity index (χ0v) is 11.3. The summed E-state index contributed by atoms with van der Waals surface area (Å²) in [5.74, 6) is -0.546. The Hall–Kier alpha value is -2.02. The van der Waals surface area contributed by atoms with Gasteiger partial charge in [-0.15, -0.1) is 0 Å². The molecule has 0 radical (unpaired) electrons. The molecule has 0 saturated heterocycles. The molecule has 1 aromatic heterocycles. The predicted octanol–water partition coefficient (Wildman–Crippen LogP) is 3.53. The van der Waals surface area contributed by atoms with Crippen molar-refractivity contribution >= 4 is 23.3 Å². The number of amides is 1. The second kappa shape index (κ2) is 5.54. The quantitative estimate of drug-likeness (QED) is 0.941. The Kier molecular flexibility index (Phi) is 3.99. The predicted molar refractivity (Wildman–Crippen MR) is 68.1 cm³/mol. The maximum atomic E-state index is 12.8. The second-order valence-electron chi connectivity index (χ2n) is 4.11. The number of rotatable bonds is 3. The zero-order valence-electron chi connectivity index (χ0n) is 10.6. The highest BCUT2D eigenvalue weighted by Crippen LogP contribution is 2.27. The van der Waals surface area contributed by atoms with Crippen LogP contribution in [-0.4, -0.2) is 16.2 Å². The number of hydrogen-bond acceptors (Lipinski definition) is 4. The Morgan fingerprint density at radius 2 is 2.00 bits per heavy atom. The van der Waals surface area contributed by atoms with Gasteiger partial charge < -0.3 is 5.32 Å². The maximum Gasteiger partial charge on any atom is 0.264 e. The fourth-order valence-corrected chi connectivity index (χ4v) is 1.86. The van der Waals surface area contributed by atoms with Crippen molar-refractivity contribution in [2.24, 2.45) is 0 Å². The lowest BCUT2D eigenvalue weighted by atomic mass is 9.98. The molecule has 106 valence electrons. The van der Waals surface area contributed by atoms with Crippen molar-refractivity contribution in [1.29, 1.82) is 0 Å². The normalized spacial score (nSPS) is 10.9. The number of nitrogens with one attached hydrogen (secondary N) is 1. The first-order valence-corrected chi connectivity index (χ1v) is 5.97. The van der Waals surface area contributed by atoms with Gasteiger partial charge >= 0.3 is 0 Å². The van der Waals surface area contributed by atoms with Crippen LogP contribution in [0, 0.1) is 13.8 Å². The van der Waals surface area contributed by atoms with Crippen LogP contribution in [0.25, 0.3) is 0 Å². The van der Waals surface area contributed by atoms with Gasteiger partial charge in [-0.05, 0) is 41.4 Å². The van der Waals surface area contributed by atoms with Gasteiger partial charge in [0.25, 0.3) is 12.3 Å². The highest BCUT2D eigenvalue weighted by Gasteiger charge is 2.19. The molecule has 0 atom stereocenters. The van der Waals surface area contributed by atoms with Crippen LogP contribution in [0.3, 0.4) is 0 Å².